The summed E-state index contributed by atoms with van der Waals surface area (Å²) < 4.78 is 10.9. The van der Waals surface area contributed by atoms with Crippen molar-refractivity contribution < 1.29 is 9.47 Å². The largest absolute Gasteiger partial charge is 0.490 e. The third kappa shape index (κ3) is 2.50. The molecule has 3 heteroatoms. The summed E-state index contributed by atoms with van der Waals surface area (Å²) in [5, 5.41) is 2.06. The van der Waals surface area contributed by atoms with Gasteiger partial charge in [-0.1, -0.05) is 24.3 Å². The van der Waals surface area contributed by atoms with Crippen LogP contribution < -0.4 is 10.5 Å². The molecule has 0 aliphatic carbocycles. The first-order valence-corrected chi connectivity index (χ1v) is 5.65. The molecule has 90 valence electrons. The summed E-state index contributed by atoms with van der Waals surface area (Å²) in [5.41, 5.74) is 6.70. The molecule has 1 atom stereocenters. The predicted molar refractivity (Wildman–Crippen MR) is 70.3 cm³/mol. The lowest BCUT2D eigenvalue weighted by molar-refractivity contribution is 0.0722. The van der Waals surface area contributed by atoms with E-state index < -0.39 is 0 Å². The van der Waals surface area contributed by atoms with E-state index in [0.717, 1.165) is 22.2 Å². The maximum Gasteiger partial charge on any atom is 0.127 e. The first-order valence-electron chi connectivity index (χ1n) is 5.65. The van der Waals surface area contributed by atoms with Gasteiger partial charge in [0, 0.05) is 23.6 Å². The number of fused-ring (bicyclic) bond motifs is 1. The second-order valence-corrected chi connectivity index (χ2v) is 4.06. The molecule has 0 radical (unpaired) electrons. The lowest BCUT2D eigenvalue weighted by atomic mass is 10.1. The summed E-state index contributed by atoms with van der Waals surface area (Å²) in [6.45, 7) is 2.50. The van der Waals surface area contributed by atoms with Crippen LogP contribution in [-0.2, 0) is 4.74 Å². The smallest absolute Gasteiger partial charge is 0.127 e. The lowest BCUT2D eigenvalue weighted by Gasteiger charge is -2.14. The van der Waals surface area contributed by atoms with E-state index in [9.17, 15) is 0 Å². The fourth-order valence-electron chi connectivity index (χ4n) is 1.70. The maximum atomic E-state index is 5.93. The van der Waals surface area contributed by atoms with Crippen LogP contribution >= 0.6 is 0 Å². The number of hydrogen-bond acceptors (Lipinski definition) is 3. The van der Waals surface area contributed by atoms with Gasteiger partial charge in [0.15, 0.2) is 0 Å². The molecule has 0 aromatic heterocycles. The Kier molecular flexibility index (Phi) is 3.49. The highest BCUT2D eigenvalue weighted by Gasteiger charge is 2.06. The topological polar surface area (TPSA) is 44.5 Å². The van der Waals surface area contributed by atoms with Crippen LogP contribution in [0.2, 0.25) is 0 Å². The van der Waals surface area contributed by atoms with Gasteiger partial charge in [0.1, 0.15) is 12.4 Å². The fourth-order valence-corrected chi connectivity index (χ4v) is 1.70. The summed E-state index contributed by atoms with van der Waals surface area (Å²) in [4.78, 5) is 0. The molecule has 0 amide bonds. The SMILES string of the molecule is COC(C)COc1ccc(N)c2ccccc12. The summed E-state index contributed by atoms with van der Waals surface area (Å²) in [6.07, 6.45) is 0.0753. The van der Waals surface area contributed by atoms with Gasteiger partial charge in [-0.3, -0.25) is 0 Å². The van der Waals surface area contributed by atoms with E-state index in [0.29, 0.717) is 6.61 Å². The zero-order chi connectivity index (χ0) is 12.3. The highest BCUT2D eigenvalue weighted by atomic mass is 16.5. The Hall–Kier alpha value is -1.74. The van der Waals surface area contributed by atoms with Crippen LogP contribution in [0, 0.1) is 0 Å². The number of rotatable bonds is 4. The quantitative estimate of drug-likeness (QED) is 0.823. The van der Waals surface area contributed by atoms with Crippen LogP contribution in [0.15, 0.2) is 36.4 Å². The number of anilines is 1. The summed E-state index contributed by atoms with van der Waals surface area (Å²) in [7, 11) is 1.68. The lowest BCUT2D eigenvalue weighted by Crippen LogP contribution is -2.16. The molecule has 0 spiro atoms. The molecule has 0 saturated carbocycles. The zero-order valence-electron chi connectivity index (χ0n) is 10.1. The van der Waals surface area contributed by atoms with Crippen molar-refractivity contribution in [2.24, 2.45) is 0 Å². The molecular formula is C14H17NO2. The second-order valence-electron chi connectivity index (χ2n) is 4.06. The number of nitrogen functional groups attached to an aromatic ring is 1. The second kappa shape index (κ2) is 5.06. The molecule has 1 unspecified atom stereocenters. The van der Waals surface area contributed by atoms with Gasteiger partial charge in [-0.05, 0) is 19.1 Å². The van der Waals surface area contributed by atoms with Crippen molar-refractivity contribution in [3.05, 3.63) is 36.4 Å². The highest BCUT2D eigenvalue weighted by Crippen LogP contribution is 2.29. The van der Waals surface area contributed by atoms with Gasteiger partial charge >= 0.3 is 0 Å². The van der Waals surface area contributed by atoms with Crippen LogP contribution in [0.25, 0.3) is 10.8 Å². The van der Waals surface area contributed by atoms with Crippen LogP contribution in [-0.4, -0.2) is 19.8 Å². The van der Waals surface area contributed by atoms with Crippen molar-refractivity contribution in [2.45, 2.75) is 13.0 Å². The van der Waals surface area contributed by atoms with E-state index >= 15 is 0 Å². The Balaban J connectivity index is 2.32. The normalized spacial score (nSPS) is 12.6. The summed E-state index contributed by atoms with van der Waals surface area (Å²) >= 11 is 0. The van der Waals surface area contributed by atoms with Crippen molar-refractivity contribution >= 4 is 16.5 Å². The number of hydrogen-bond donors (Lipinski definition) is 1. The Morgan fingerprint density at radius 1 is 1.12 bits per heavy atom. The predicted octanol–water partition coefficient (Wildman–Crippen LogP) is 2.84. The van der Waals surface area contributed by atoms with E-state index in [1.807, 2.05) is 43.3 Å². The molecular weight excluding hydrogens is 214 g/mol. The zero-order valence-corrected chi connectivity index (χ0v) is 10.1. The van der Waals surface area contributed by atoms with Crippen molar-refractivity contribution in [2.75, 3.05) is 19.5 Å². The van der Waals surface area contributed by atoms with E-state index in [4.69, 9.17) is 15.2 Å². The van der Waals surface area contributed by atoms with Crippen molar-refractivity contribution in [1.29, 1.82) is 0 Å². The van der Waals surface area contributed by atoms with E-state index in [-0.39, 0.29) is 6.10 Å². The molecule has 0 saturated heterocycles. The van der Waals surface area contributed by atoms with Gasteiger partial charge < -0.3 is 15.2 Å². The monoisotopic (exact) mass is 231 g/mol. The van der Waals surface area contributed by atoms with Gasteiger partial charge in [-0.2, -0.15) is 0 Å². The third-order valence-electron chi connectivity index (χ3n) is 2.79. The number of ether oxygens (including phenoxy) is 2. The van der Waals surface area contributed by atoms with Crippen molar-refractivity contribution in [3.8, 4) is 5.75 Å². The highest BCUT2D eigenvalue weighted by molar-refractivity contribution is 5.96. The van der Waals surface area contributed by atoms with Crippen LogP contribution in [0.1, 0.15) is 6.92 Å². The minimum Gasteiger partial charge on any atom is -0.490 e. The average Bonchev–Trinajstić information content (AvgIpc) is 2.38. The van der Waals surface area contributed by atoms with Gasteiger partial charge in [-0.15, -0.1) is 0 Å². The first-order chi connectivity index (χ1) is 8.22. The number of benzene rings is 2. The summed E-state index contributed by atoms with van der Waals surface area (Å²) in [6, 6.07) is 11.7. The molecule has 0 bridgehead atoms. The molecule has 2 N–H and O–H groups in total. The third-order valence-corrected chi connectivity index (χ3v) is 2.79. The minimum absolute atomic E-state index is 0.0753. The molecule has 2 aromatic rings. The van der Waals surface area contributed by atoms with Gasteiger partial charge in [0.25, 0.3) is 0 Å². The maximum absolute atomic E-state index is 5.93. The minimum atomic E-state index is 0.0753. The van der Waals surface area contributed by atoms with Crippen molar-refractivity contribution in [3.63, 3.8) is 0 Å². The Morgan fingerprint density at radius 2 is 1.82 bits per heavy atom. The molecule has 0 heterocycles. The molecule has 2 rings (SSSR count). The molecule has 0 aliphatic heterocycles. The van der Waals surface area contributed by atoms with Gasteiger partial charge in [0.2, 0.25) is 0 Å². The van der Waals surface area contributed by atoms with E-state index in [1.165, 1.54) is 0 Å². The van der Waals surface area contributed by atoms with Gasteiger partial charge in [-0.25, -0.2) is 0 Å². The molecule has 2 aromatic carbocycles. The van der Waals surface area contributed by atoms with Crippen LogP contribution in [0.4, 0.5) is 5.69 Å². The van der Waals surface area contributed by atoms with E-state index in [2.05, 4.69) is 0 Å². The average molecular weight is 231 g/mol. The van der Waals surface area contributed by atoms with Crippen LogP contribution in [0.5, 0.6) is 5.75 Å². The molecule has 17 heavy (non-hydrogen) atoms. The number of methoxy groups -OCH3 is 1. The Bertz CT molecular complexity index is 511. The van der Waals surface area contributed by atoms with Gasteiger partial charge in [0.05, 0.1) is 6.10 Å². The van der Waals surface area contributed by atoms with E-state index in [1.54, 1.807) is 7.11 Å². The van der Waals surface area contributed by atoms with Crippen LogP contribution in [0.3, 0.4) is 0 Å². The number of nitrogens with two attached hydrogens (primary N) is 1. The van der Waals surface area contributed by atoms with Crippen molar-refractivity contribution in [1.82, 2.24) is 0 Å². The Morgan fingerprint density at radius 3 is 2.53 bits per heavy atom. The molecule has 0 aliphatic rings. The Labute approximate surface area is 101 Å². The first kappa shape index (κ1) is 11.7. The standard InChI is InChI=1S/C14H17NO2/c1-10(16-2)9-17-14-8-7-13(15)11-5-3-4-6-12(11)14/h3-8,10H,9,15H2,1-2H3. The fraction of sp³-hybridized carbons (Fsp3) is 0.286. The molecule has 0 fully saturated rings. The summed E-state index contributed by atoms with van der Waals surface area (Å²) in [5.74, 6) is 0.846. The molecule has 3 nitrogen and oxygen atoms in total.